The van der Waals surface area contributed by atoms with Crippen molar-refractivity contribution in [2.45, 2.75) is 50.7 Å². The minimum absolute atomic E-state index is 0.0182. The van der Waals surface area contributed by atoms with Crippen molar-refractivity contribution in [1.82, 2.24) is 10.2 Å². The van der Waals surface area contributed by atoms with E-state index < -0.39 is 0 Å². The zero-order valence-corrected chi connectivity index (χ0v) is 11.8. The number of amides is 1. The number of hydrogen-bond donors (Lipinski definition) is 2. The molecule has 20 heavy (non-hydrogen) atoms. The molecule has 2 aliphatic rings. The molecule has 108 valence electrons. The second kappa shape index (κ2) is 5.83. The lowest BCUT2D eigenvalue weighted by atomic mass is 10.1. The number of hydrogen-bond acceptors (Lipinski definition) is 3. The molecule has 0 radical (unpaired) electrons. The molecule has 1 heterocycles. The van der Waals surface area contributed by atoms with Gasteiger partial charge in [0.1, 0.15) is 0 Å². The molecular weight excluding hydrogens is 250 g/mol. The van der Waals surface area contributed by atoms with Gasteiger partial charge in [-0.1, -0.05) is 18.2 Å². The van der Waals surface area contributed by atoms with Gasteiger partial charge in [-0.3, -0.25) is 9.69 Å². The van der Waals surface area contributed by atoms with Gasteiger partial charge in [0, 0.05) is 24.8 Å². The third-order valence-corrected chi connectivity index (χ3v) is 4.33. The molecule has 2 fully saturated rings. The Labute approximate surface area is 120 Å². The summed E-state index contributed by atoms with van der Waals surface area (Å²) < 4.78 is 0. The van der Waals surface area contributed by atoms with E-state index in [-0.39, 0.29) is 11.9 Å². The standard InChI is InChI=1S/C16H23N3O/c17-14-6-2-1-5-12(14)11-19(13-8-9-13)15-7-3-4-10-18-16(15)20/h1-2,5-6,13,15H,3-4,7-11,17H2,(H,18,20). The van der Waals surface area contributed by atoms with Gasteiger partial charge in [-0.25, -0.2) is 0 Å². The van der Waals surface area contributed by atoms with E-state index in [1.54, 1.807) is 0 Å². The van der Waals surface area contributed by atoms with E-state index in [1.165, 1.54) is 12.8 Å². The first kappa shape index (κ1) is 13.4. The number of benzene rings is 1. The molecular formula is C16H23N3O. The molecule has 0 aromatic heterocycles. The maximum Gasteiger partial charge on any atom is 0.237 e. The van der Waals surface area contributed by atoms with Crippen molar-refractivity contribution in [3.8, 4) is 0 Å². The second-order valence-corrected chi connectivity index (χ2v) is 5.90. The van der Waals surface area contributed by atoms with Crippen LogP contribution >= 0.6 is 0 Å². The van der Waals surface area contributed by atoms with E-state index in [0.29, 0.717) is 6.04 Å². The van der Waals surface area contributed by atoms with Crippen LogP contribution in [0.4, 0.5) is 5.69 Å². The molecule has 1 aromatic rings. The first-order chi connectivity index (χ1) is 9.75. The summed E-state index contributed by atoms with van der Waals surface area (Å²) >= 11 is 0. The highest BCUT2D eigenvalue weighted by Gasteiger charge is 2.37. The molecule has 4 nitrogen and oxygen atoms in total. The van der Waals surface area contributed by atoms with Crippen LogP contribution < -0.4 is 11.1 Å². The van der Waals surface area contributed by atoms with E-state index in [9.17, 15) is 4.79 Å². The van der Waals surface area contributed by atoms with E-state index in [1.807, 2.05) is 18.2 Å². The molecule has 0 spiro atoms. The number of nitrogens with one attached hydrogen (secondary N) is 1. The van der Waals surface area contributed by atoms with Gasteiger partial charge in [-0.05, 0) is 43.7 Å². The van der Waals surface area contributed by atoms with Gasteiger partial charge in [0.15, 0.2) is 0 Å². The Kier molecular flexibility index (Phi) is 3.92. The summed E-state index contributed by atoms with van der Waals surface area (Å²) in [5.74, 6) is 0.198. The Bertz CT molecular complexity index is 484. The molecule has 1 atom stereocenters. The van der Waals surface area contributed by atoms with Gasteiger partial charge in [0.25, 0.3) is 0 Å². The van der Waals surface area contributed by atoms with Crippen LogP contribution in [0.25, 0.3) is 0 Å². The van der Waals surface area contributed by atoms with E-state index in [0.717, 1.165) is 43.6 Å². The van der Waals surface area contributed by atoms with Crippen molar-refractivity contribution >= 4 is 11.6 Å². The quantitative estimate of drug-likeness (QED) is 0.824. The SMILES string of the molecule is Nc1ccccc1CN(C1CC1)C1CCCCNC1=O. The average Bonchev–Trinajstić information content (AvgIpc) is 3.27. The lowest BCUT2D eigenvalue weighted by Crippen LogP contribution is -2.46. The minimum atomic E-state index is 0.0182. The summed E-state index contributed by atoms with van der Waals surface area (Å²) in [5, 5.41) is 3.05. The highest BCUT2D eigenvalue weighted by molar-refractivity contribution is 5.82. The Balaban J connectivity index is 1.78. The molecule has 0 bridgehead atoms. The van der Waals surface area contributed by atoms with Crippen molar-refractivity contribution in [3.63, 3.8) is 0 Å². The summed E-state index contributed by atoms with van der Waals surface area (Å²) in [6.07, 6.45) is 5.59. The average molecular weight is 273 g/mol. The smallest absolute Gasteiger partial charge is 0.237 e. The van der Waals surface area contributed by atoms with Crippen LogP contribution in [-0.4, -0.2) is 29.4 Å². The fourth-order valence-electron chi connectivity index (χ4n) is 3.01. The van der Waals surface area contributed by atoms with Gasteiger partial charge in [0.2, 0.25) is 5.91 Å². The number of anilines is 1. The van der Waals surface area contributed by atoms with Crippen molar-refractivity contribution in [2.75, 3.05) is 12.3 Å². The van der Waals surface area contributed by atoms with Crippen molar-refractivity contribution in [1.29, 1.82) is 0 Å². The number of nitrogen functional groups attached to an aromatic ring is 1. The van der Waals surface area contributed by atoms with E-state index >= 15 is 0 Å². The normalized spacial score (nSPS) is 23.4. The van der Waals surface area contributed by atoms with Crippen LogP contribution in [0.15, 0.2) is 24.3 Å². The lowest BCUT2D eigenvalue weighted by Gasteiger charge is -2.30. The van der Waals surface area contributed by atoms with Gasteiger partial charge < -0.3 is 11.1 Å². The third kappa shape index (κ3) is 2.96. The van der Waals surface area contributed by atoms with E-state index in [2.05, 4.69) is 16.3 Å². The van der Waals surface area contributed by atoms with Crippen LogP contribution in [0.5, 0.6) is 0 Å². The molecule has 3 rings (SSSR count). The fourth-order valence-corrected chi connectivity index (χ4v) is 3.01. The Hall–Kier alpha value is -1.55. The number of carbonyl (C=O) groups excluding carboxylic acids is 1. The monoisotopic (exact) mass is 273 g/mol. The Morgan fingerprint density at radius 2 is 2.00 bits per heavy atom. The summed E-state index contributed by atoms with van der Waals surface area (Å²) in [6, 6.07) is 8.56. The highest BCUT2D eigenvalue weighted by Crippen LogP contribution is 2.32. The minimum Gasteiger partial charge on any atom is -0.398 e. The maximum atomic E-state index is 12.3. The number of nitrogens with two attached hydrogens (primary N) is 1. The Morgan fingerprint density at radius 1 is 1.20 bits per heavy atom. The van der Waals surface area contributed by atoms with Crippen LogP contribution in [-0.2, 0) is 11.3 Å². The molecule has 1 aliphatic carbocycles. The van der Waals surface area contributed by atoms with Crippen LogP contribution in [0.1, 0.15) is 37.7 Å². The Morgan fingerprint density at radius 3 is 2.75 bits per heavy atom. The van der Waals surface area contributed by atoms with E-state index in [4.69, 9.17) is 5.73 Å². The maximum absolute atomic E-state index is 12.3. The molecule has 4 heteroatoms. The van der Waals surface area contributed by atoms with Gasteiger partial charge in [-0.15, -0.1) is 0 Å². The predicted molar refractivity (Wildman–Crippen MR) is 80.1 cm³/mol. The molecule has 1 saturated carbocycles. The summed E-state index contributed by atoms with van der Waals surface area (Å²) in [6.45, 7) is 1.61. The molecule has 3 N–H and O–H groups in total. The summed E-state index contributed by atoms with van der Waals surface area (Å²) in [4.78, 5) is 14.6. The molecule has 1 aromatic carbocycles. The summed E-state index contributed by atoms with van der Waals surface area (Å²) in [5.41, 5.74) is 8.02. The van der Waals surface area contributed by atoms with Crippen LogP contribution in [0.3, 0.4) is 0 Å². The van der Waals surface area contributed by atoms with Gasteiger partial charge in [-0.2, -0.15) is 0 Å². The zero-order valence-electron chi connectivity index (χ0n) is 11.8. The fraction of sp³-hybridized carbons (Fsp3) is 0.562. The van der Waals surface area contributed by atoms with Crippen molar-refractivity contribution in [3.05, 3.63) is 29.8 Å². The molecule has 1 unspecified atom stereocenters. The van der Waals surface area contributed by atoms with Crippen LogP contribution in [0.2, 0.25) is 0 Å². The number of rotatable bonds is 4. The predicted octanol–water partition coefficient (Wildman–Crippen LogP) is 1.90. The van der Waals surface area contributed by atoms with Gasteiger partial charge in [0.05, 0.1) is 6.04 Å². The highest BCUT2D eigenvalue weighted by atomic mass is 16.2. The number of nitrogens with zero attached hydrogens (tertiary/aromatic N) is 1. The summed E-state index contributed by atoms with van der Waals surface area (Å²) in [7, 11) is 0. The largest absolute Gasteiger partial charge is 0.398 e. The van der Waals surface area contributed by atoms with Crippen molar-refractivity contribution in [2.24, 2.45) is 0 Å². The topological polar surface area (TPSA) is 58.4 Å². The number of carbonyl (C=O) groups is 1. The third-order valence-electron chi connectivity index (χ3n) is 4.33. The second-order valence-electron chi connectivity index (χ2n) is 5.90. The first-order valence-corrected chi connectivity index (χ1v) is 7.62. The molecule has 1 aliphatic heterocycles. The molecule has 1 saturated heterocycles. The number of para-hydroxylation sites is 1. The molecule has 1 amide bonds. The van der Waals surface area contributed by atoms with Gasteiger partial charge >= 0.3 is 0 Å². The first-order valence-electron chi connectivity index (χ1n) is 7.62. The zero-order chi connectivity index (χ0) is 13.9. The van der Waals surface area contributed by atoms with Crippen molar-refractivity contribution < 1.29 is 4.79 Å². The van der Waals surface area contributed by atoms with Crippen LogP contribution in [0, 0.1) is 0 Å². The lowest BCUT2D eigenvalue weighted by molar-refractivity contribution is -0.126.